The number of halogens is 1. The van der Waals surface area contributed by atoms with E-state index >= 15 is 0 Å². The van der Waals surface area contributed by atoms with E-state index in [0.29, 0.717) is 28.4 Å². The first kappa shape index (κ1) is 11.1. The SMILES string of the molecule is CCOC(=O)Nc1c(Cl)ccc2nsnc12. The maximum atomic E-state index is 11.3. The predicted molar refractivity (Wildman–Crippen MR) is 63.1 cm³/mol. The van der Waals surface area contributed by atoms with Crippen LogP contribution in [0.1, 0.15) is 6.92 Å². The van der Waals surface area contributed by atoms with Crippen LogP contribution in [0.2, 0.25) is 5.02 Å². The fraction of sp³-hybridized carbons (Fsp3) is 0.222. The van der Waals surface area contributed by atoms with E-state index in [2.05, 4.69) is 14.1 Å². The van der Waals surface area contributed by atoms with Gasteiger partial charge in [0.25, 0.3) is 0 Å². The zero-order valence-electron chi connectivity index (χ0n) is 8.36. The third kappa shape index (κ3) is 2.07. The molecule has 16 heavy (non-hydrogen) atoms. The van der Waals surface area contributed by atoms with Crippen LogP contribution in [0, 0.1) is 0 Å². The average Bonchev–Trinajstić information content (AvgIpc) is 2.71. The van der Waals surface area contributed by atoms with E-state index in [0.717, 1.165) is 11.7 Å². The van der Waals surface area contributed by atoms with Crippen LogP contribution in [-0.2, 0) is 4.74 Å². The van der Waals surface area contributed by atoms with Gasteiger partial charge in [0, 0.05) is 0 Å². The van der Waals surface area contributed by atoms with Crippen molar-refractivity contribution in [3.8, 4) is 0 Å². The van der Waals surface area contributed by atoms with Crippen LogP contribution >= 0.6 is 23.3 Å². The molecule has 0 fully saturated rings. The lowest BCUT2D eigenvalue weighted by atomic mass is 10.2. The maximum Gasteiger partial charge on any atom is 0.411 e. The molecule has 1 aromatic heterocycles. The second kappa shape index (κ2) is 4.63. The van der Waals surface area contributed by atoms with Crippen LogP contribution in [0.4, 0.5) is 10.5 Å². The van der Waals surface area contributed by atoms with Crippen molar-refractivity contribution in [2.45, 2.75) is 6.92 Å². The first-order chi connectivity index (χ1) is 7.72. The summed E-state index contributed by atoms with van der Waals surface area (Å²) >= 11 is 7.04. The van der Waals surface area contributed by atoms with Gasteiger partial charge in [-0.15, -0.1) is 0 Å². The molecule has 5 nitrogen and oxygen atoms in total. The molecule has 0 unspecified atom stereocenters. The van der Waals surface area contributed by atoms with Crippen molar-refractivity contribution in [1.82, 2.24) is 8.75 Å². The number of nitrogens with zero attached hydrogens (tertiary/aromatic N) is 2. The van der Waals surface area contributed by atoms with Crippen molar-refractivity contribution in [1.29, 1.82) is 0 Å². The van der Waals surface area contributed by atoms with E-state index in [1.54, 1.807) is 19.1 Å². The molecular formula is C9H8ClN3O2S. The normalized spacial score (nSPS) is 10.4. The lowest BCUT2D eigenvalue weighted by molar-refractivity contribution is 0.168. The fourth-order valence-electron chi connectivity index (χ4n) is 1.21. The van der Waals surface area contributed by atoms with E-state index in [-0.39, 0.29) is 0 Å². The van der Waals surface area contributed by atoms with Crippen LogP contribution in [0.3, 0.4) is 0 Å². The van der Waals surface area contributed by atoms with Crippen LogP contribution in [-0.4, -0.2) is 21.4 Å². The molecule has 0 spiro atoms. The molecule has 0 atom stereocenters. The standard InChI is InChI=1S/C9H8ClN3O2S/c1-2-15-9(14)11-7-5(10)3-4-6-8(7)13-16-12-6/h3-4H,2H2,1H3,(H,11,14). The lowest BCUT2D eigenvalue weighted by Gasteiger charge is -2.06. The minimum absolute atomic E-state index is 0.300. The molecule has 1 amide bonds. The van der Waals surface area contributed by atoms with Gasteiger partial charge < -0.3 is 4.74 Å². The second-order valence-corrected chi connectivity index (χ2v) is 3.84. The Labute approximate surface area is 101 Å². The number of carbonyl (C=O) groups excluding carboxylic acids is 1. The lowest BCUT2D eigenvalue weighted by Crippen LogP contribution is -2.13. The minimum Gasteiger partial charge on any atom is -0.450 e. The number of hydrogen-bond donors (Lipinski definition) is 1. The summed E-state index contributed by atoms with van der Waals surface area (Å²) in [6.45, 7) is 2.03. The molecule has 0 aliphatic heterocycles. The number of ether oxygens (including phenoxy) is 1. The maximum absolute atomic E-state index is 11.3. The van der Waals surface area contributed by atoms with E-state index in [1.807, 2.05) is 0 Å². The van der Waals surface area contributed by atoms with Gasteiger partial charge in [0.1, 0.15) is 11.0 Å². The van der Waals surface area contributed by atoms with E-state index in [9.17, 15) is 4.79 Å². The summed E-state index contributed by atoms with van der Waals surface area (Å²) in [5.74, 6) is 0. The topological polar surface area (TPSA) is 64.1 Å². The first-order valence-corrected chi connectivity index (χ1v) is 5.67. The quantitative estimate of drug-likeness (QED) is 0.898. The molecule has 7 heteroatoms. The van der Waals surface area contributed by atoms with Crippen LogP contribution in [0.5, 0.6) is 0 Å². The molecule has 0 radical (unpaired) electrons. The van der Waals surface area contributed by atoms with E-state index in [1.165, 1.54) is 0 Å². The zero-order valence-corrected chi connectivity index (χ0v) is 9.93. The molecule has 2 rings (SSSR count). The Hall–Kier alpha value is -1.40. The number of carbonyl (C=O) groups is 1. The summed E-state index contributed by atoms with van der Waals surface area (Å²) in [6.07, 6.45) is -0.551. The molecule has 0 aliphatic rings. The number of rotatable bonds is 2. The third-order valence-electron chi connectivity index (χ3n) is 1.88. The first-order valence-electron chi connectivity index (χ1n) is 4.57. The van der Waals surface area contributed by atoms with Gasteiger partial charge in [-0.3, -0.25) is 5.32 Å². The highest BCUT2D eigenvalue weighted by atomic mass is 35.5. The highest BCUT2D eigenvalue weighted by Crippen LogP contribution is 2.29. The molecule has 0 saturated heterocycles. The Kier molecular flexibility index (Phi) is 3.21. The Morgan fingerprint density at radius 1 is 1.56 bits per heavy atom. The summed E-state index contributed by atoms with van der Waals surface area (Å²) in [5, 5.41) is 2.96. The second-order valence-electron chi connectivity index (χ2n) is 2.90. The Balaban J connectivity index is 2.38. The van der Waals surface area contributed by atoms with Crippen molar-refractivity contribution >= 4 is 46.1 Å². The largest absolute Gasteiger partial charge is 0.450 e. The highest BCUT2D eigenvalue weighted by molar-refractivity contribution is 7.00. The molecule has 84 valence electrons. The van der Waals surface area contributed by atoms with Gasteiger partial charge in [-0.05, 0) is 19.1 Å². The molecular weight excluding hydrogens is 250 g/mol. The van der Waals surface area contributed by atoms with Crippen LogP contribution < -0.4 is 5.32 Å². The predicted octanol–water partition coefficient (Wildman–Crippen LogP) is 2.91. The molecule has 0 bridgehead atoms. The zero-order chi connectivity index (χ0) is 11.5. The summed E-state index contributed by atoms with van der Waals surface area (Å²) in [7, 11) is 0. The minimum atomic E-state index is -0.551. The van der Waals surface area contributed by atoms with Crippen LogP contribution in [0.25, 0.3) is 11.0 Å². The van der Waals surface area contributed by atoms with Gasteiger partial charge in [0.15, 0.2) is 0 Å². The van der Waals surface area contributed by atoms with Gasteiger partial charge in [-0.2, -0.15) is 8.75 Å². The molecule has 2 aromatic rings. The van der Waals surface area contributed by atoms with E-state index in [4.69, 9.17) is 16.3 Å². The third-order valence-corrected chi connectivity index (χ3v) is 2.74. The Morgan fingerprint density at radius 3 is 3.12 bits per heavy atom. The Morgan fingerprint density at radius 2 is 2.38 bits per heavy atom. The monoisotopic (exact) mass is 257 g/mol. The van der Waals surface area contributed by atoms with Crippen molar-refractivity contribution in [3.05, 3.63) is 17.2 Å². The van der Waals surface area contributed by atoms with Crippen molar-refractivity contribution in [2.75, 3.05) is 11.9 Å². The smallest absolute Gasteiger partial charge is 0.411 e. The molecule has 1 heterocycles. The summed E-state index contributed by atoms with van der Waals surface area (Å²) in [6, 6.07) is 3.41. The number of fused-ring (bicyclic) bond motifs is 1. The number of benzene rings is 1. The number of anilines is 1. The number of hydrogen-bond acceptors (Lipinski definition) is 5. The molecule has 0 saturated carbocycles. The van der Waals surface area contributed by atoms with Gasteiger partial charge in [0.05, 0.1) is 29.0 Å². The van der Waals surface area contributed by atoms with Crippen molar-refractivity contribution < 1.29 is 9.53 Å². The summed E-state index contributed by atoms with van der Waals surface area (Å²) in [5.41, 5.74) is 1.71. The number of amides is 1. The molecule has 0 aliphatic carbocycles. The van der Waals surface area contributed by atoms with Crippen molar-refractivity contribution in [3.63, 3.8) is 0 Å². The number of aromatic nitrogens is 2. The summed E-state index contributed by atoms with van der Waals surface area (Å²) in [4.78, 5) is 11.3. The van der Waals surface area contributed by atoms with Gasteiger partial charge in [-0.1, -0.05) is 11.6 Å². The van der Waals surface area contributed by atoms with E-state index < -0.39 is 6.09 Å². The van der Waals surface area contributed by atoms with Gasteiger partial charge in [-0.25, -0.2) is 4.79 Å². The van der Waals surface area contributed by atoms with Crippen LogP contribution in [0.15, 0.2) is 12.1 Å². The average molecular weight is 258 g/mol. The Bertz CT molecular complexity index is 528. The fourth-order valence-corrected chi connectivity index (χ4v) is 1.96. The van der Waals surface area contributed by atoms with Crippen molar-refractivity contribution in [2.24, 2.45) is 0 Å². The molecule has 1 aromatic carbocycles. The number of nitrogens with one attached hydrogen (secondary N) is 1. The summed E-state index contributed by atoms with van der Waals surface area (Å²) < 4.78 is 12.9. The van der Waals surface area contributed by atoms with Gasteiger partial charge in [0.2, 0.25) is 0 Å². The molecule has 1 N–H and O–H groups in total. The highest BCUT2D eigenvalue weighted by Gasteiger charge is 2.12. The van der Waals surface area contributed by atoms with Gasteiger partial charge >= 0.3 is 6.09 Å².